The highest BCUT2D eigenvalue weighted by Gasteiger charge is 2.66. The van der Waals surface area contributed by atoms with Crippen molar-refractivity contribution in [2.75, 3.05) is 13.7 Å². The first-order valence-corrected chi connectivity index (χ1v) is 8.61. The third-order valence-electron chi connectivity index (χ3n) is 4.14. The molecule has 0 aliphatic carbocycles. The Kier molecular flexibility index (Phi) is 4.28. The van der Waals surface area contributed by atoms with Gasteiger partial charge in [0.2, 0.25) is 5.96 Å². The predicted molar refractivity (Wildman–Crippen MR) is 81.0 cm³/mol. The van der Waals surface area contributed by atoms with Gasteiger partial charge in [-0.1, -0.05) is 0 Å². The van der Waals surface area contributed by atoms with Gasteiger partial charge in [-0.3, -0.25) is 25.0 Å². The number of amides is 1. The minimum atomic E-state index is -4.72. The standard InChI is InChI=1S/C11H16N5O8P/c1-23-25(21,22)11-8(14-10(12)15-9(11)20)16(3-13-11)7-6(19)5(18)4(2-17)24-7/h3-7,17-19H,2H2,1H3,(H,21,22)(H2,12,15,20)/t4-,5-,6-,7-,11?/m1/s1. The zero-order valence-electron chi connectivity index (χ0n) is 12.8. The number of ether oxygens (including phenoxy) is 1. The third-order valence-corrected chi connectivity index (χ3v) is 5.97. The molecule has 3 aliphatic rings. The molecule has 2 unspecified atom stereocenters. The number of hydrogen-bond acceptors (Lipinski definition) is 10. The van der Waals surface area contributed by atoms with E-state index in [2.05, 4.69) is 14.5 Å². The Morgan fingerprint density at radius 1 is 1.52 bits per heavy atom. The fourth-order valence-corrected chi connectivity index (χ4v) is 4.01. The molecule has 13 nitrogen and oxygen atoms in total. The quantitative estimate of drug-likeness (QED) is 0.273. The van der Waals surface area contributed by atoms with Crippen LogP contribution in [0.4, 0.5) is 0 Å². The number of nitrogens with one attached hydrogen (secondary N) is 2. The molecule has 1 fully saturated rings. The van der Waals surface area contributed by atoms with Gasteiger partial charge in [-0.25, -0.2) is 4.99 Å². The van der Waals surface area contributed by atoms with Crippen molar-refractivity contribution >= 4 is 31.6 Å². The van der Waals surface area contributed by atoms with E-state index in [1.807, 2.05) is 5.32 Å². The fourth-order valence-electron chi connectivity index (χ4n) is 2.82. The second-order valence-electron chi connectivity index (χ2n) is 5.49. The van der Waals surface area contributed by atoms with Gasteiger partial charge in [-0.2, -0.15) is 4.99 Å². The predicted octanol–water partition coefficient (Wildman–Crippen LogP) is -3.24. The summed E-state index contributed by atoms with van der Waals surface area (Å²) in [7, 11) is -3.81. The van der Waals surface area contributed by atoms with Gasteiger partial charge in [0.1, 0.15) is 18.3 Å². The van der Waals surface area contributed by atoms with Gasteiger partial charge in [-0.05, 0) is 0 Å². The SMILES string of the molecule is COP(=O)(O)C12N=CN([C@@H]3O[C@H](CO)[C@@H](O)[C@H]3O)C1=NC(=N)NC2=O. The lowest BCUT2D eigenvalue weighted by atomic mass is 10.1. The Labute approximate surface area is 140 Å². The van der Waals surface area contributed by atoms with Crippen LogP contribution >= 0.6 is 7.60 Å². The number of hydrogen-bond donors (Lipinski definition) is 6. The summed E-state index contributed by atoms with van der Waals surface area (Å²) in [5.41, 5.74) is 0. The van der Waals surface area contributed by atoms with Gasteiger partial charge in [-0.15, -0.1) is 0 Å². The number of amidine groups is 1. The molecule has 0 radical (unpaired) electrons. The van der Waals surface area contributed by atoms with Gasteiger partial charge >= 0.3 is 7.60 Å². The third kappa shape index (κ3) is 2.36. The molecule has 1 saturated heterocycles. The van der Waals surface area contributed by atoms with Crippen molar-refractivity contribution in [1.82, 2.24) is 10.2 Å². The first-order valence-electron chi connectivity index (χ1n) is 7.03. The number of aliphatic imine (C=N–C) groups is 2. The molecular formula is C11H16N5O8P. The summed E-state index contributed by atoms with van der Waals surface area (Å²) in [6.45, 7) is -0.593. The Balaban J connectivity index is 2.06. The Bertz CT molecular complexity index is 727. The van der Waals surface area contributed by atoms with Crippen molar-refractivity contribution in [3.8, 4) is 0 Å². The molecule has 0 spiro atoms. The molecule has 25 heavy (non-hydrogen) atoms. The maximum atomic E-state index is 12.5. The summed E-state index contributed by atoms with van der Waals surface area (Å²) in [4.78, 5) is 31.0. The molecule has 0 bridgehead atoms. The molecule has 3 aliphatic heterocycles. The zero-order chi connectivity index (χ0) is 18.6. The van der Waals surface area contributed by atoms with E-state index in [0.717, 1.165) is 18.3 Å². The van der Waals surface area contributed by atoms with Crippen LogP contribution in [0.2, 0.25) is 0 Å². The minimum absolute atomic E-state index is 0.469. The van der Waals surface area contributed by atoms with Crippen LogP contribution in [0.3, 0.4) is 0 Å². The largest absolute Gasteiger partial charge is 0.394 e. The average molecular weight is 377 g/mol. The summed E-state index contributed by atoms with van der Waals surface area (Å²) < 4.78 is 22.3. The molecule has 1 amide bonds. The van der Waals surface area contributed by atoms with Crippen LogP contribution in [0.15, 0.2) is 9.98 Å². The molecule has 3 heterocycles. The highest BCUT2D eigenvalue weighted by atomic mass is 31.2. The molecule has 138 valence electrons. The second-order valence-corrected chi connectivity index (χ2v) is 7.55. The van der Waals surface area contributed by atoms with E-state index in [4.69, 9.17) is 15.3 Å². The number of nitrogens with zero attached hydrogens (tertiary/aromatic N) is 3. The van der Waals surface area contributed by atoms with Crippen LogP contribution in [0, 0.1) is 5.41 Å². The number of aliphatic hydroxyl groups is 3. The van der Waals surface area contributed by atoms with Crippen LogP contribution in [0.1, 0.15) is 0 Å². The van der Waals surface area contributed by atoms with Crippen LogP contribution in [-0.4, -0.2) is 92.7 Å². The normalized spacial score (nSPS) is 39.9. The first kappa shape index (κ1) is 18.1. The van der Waals surface area contributed by atoms with E-state index < -0.39 is 61.7 Å². The summed E-state index contributed by atoms with van der Waals surface area (Å²) in [5.74, 6) is -2.20. The van der Waals surface area contributed by atoms with Gasteiger partial charge in [0, 0.05) is 7.11 Å². The molecule has 6 atom stereocenters. The molecule has 0 aromatic heterocycles. The first-order chi connectivity index (χ1) is 11.7. The van der Waals surface area contributed by atoms with E-state index in [0.29, 0.717) is 0 Å². The number of aliphatic hydroxyl groups excluding tert-OH is 3. The van der Waals surface area contributed by atoms with Gasteiger partial charge in [0.05, 0.1) is 12.9 Å². The number of rotatable bonds is 4. The number of fused-ring (bicyclic) bond motifs is 1. The number of guanidine groups is 1. The lowest BCUT2D eigenvalue weighted by Gasteiger charge is -2.35. The van der Waals surface area contributed by atoms with Crippen molar-refractivity contribution < 1.29 is 38.8 Å². The Morgan fingerprint density at radius 3 is 2.76 bits per heavy atom. The van der Waals surface area contributed by atoms with Crippen molar-refractivity contribution in [2.24, 2.45) is 9.98 Å². The maximum Gasteiger partial charge on any atom is 0.372 e. The van der Waals surface area contributed by atoms with E-state index >= 15 is 0 Å². The van der Waals surface area contributed by atoms with E-state index in [1.165, 1.54) is 0 Å². The summed E-state index contributed by atoms with van der Waals surface area (Å²) in [5, 5.41) is 36.2. The Morgan fingerprint density at radius 2 is 2.20 bits per heavy atom. The van der Waals surface area contributed by atoms with Crippen LogP contribution in [0.5, 0.6) is 0 Å². The molecule has 0 aromatic rings. The number of carbonyl (C=O) groups is 1. The summed E-state index contributed by atoms with van der Waals surface area (Å²) in [6, 6.07) is 0. The van der Waals surface area contributed by atoms with E-state index in [1.54, 1.807) is 0 Å². The summed E-state index contributed by atoms with van der Waals surface area (Å²) >= 11 is 0. The lowest BCUT2D eigenvalue weighted by Crippen LogP contribution is -2.60. The van der Waals surface area contributed by atoms with Crippen molar-refractivity contribution in [2.45, 2.75) is 29.8 Å². The maximum absolute atomic E-state index is 12.5. The highest BCUT2D eigenvalue weighted by molar-refractivity contribution is 7.57. The van der Waals surface area contributed by atoms with Crippen molar-refractivity contribution in [3.05, 3.63) is 0 Å². The Hall–Kier alpha value is -1.73. The van der Waals surface area contributed by atoms with Crippen LogP contribution in [0.25, 0.3) is 0 Å². The van der Waals surface area contributed by atoms with Gasteiger partial charge < -0.3 is 29.5 Å². The molecule has 0 saturated carbocycles. The lowest BCUT2D eigenvalue weighted by molar-refractivity contribution is -0.121. The van der Waals surface area contributed by atoms with Crippen molar-refractivity contribution in [1.29, 1.82) is 5.41 Å². The average Bonchev–Trinajstić information content (AvgIpc) is 3.08. The molecule has 6 N–H and O–H groups in total. The van der Waals surface area contributed by atoms with Gasteiger partial charge in [0.15, 0.2) is 12.1 Å². The number of carbonyl (C=O) groups excluding carboxylic acids is 1. The van der Waals surface area contributed by atoms with Crippen LogP contribution in [-0.2, 0) is 18.6 Å². The van der Waals surface area contributed by atoms with E-state index in [9.17, 15) is 24.5 Å². The van der Waals surface area contributed by atoms with E-state index in [-0.39, 0.29) is 0 Å². The molecule has 3 rings (SSSR count). The summed E-state index contributed by atoms with van der Waals surface area (Å²) in [6.07, 6.45) is -4.53. The second kappa shape index (κ2) is 5.92. The fraction of sp³-hybridized carbons (Fsp3) is 0.636. The molecular weight excluding hydrogens is 361 g/mol. The van der Waals surface area contributed by atoms with Gasteiger partial charge in [0.25, 0.3) is 11.2 Å². The van der Waals surface area contributed by atoms with Crippen LogP contribution < -0.4 is 5.32 Å². The smallest absolute Gasteiger partial charge is 0.372 e. The zero-order valence-corrected chi connectivity index (χ0v) is 13.7. The monoisotopic (exact) mass is 377 g/mol. The molecule has 0 aromatic carbocycles. The highest BCUT2D eigenvalue weighted by Crippen LogP contribution is 2.59. The van der Waals surface area contributed by atoms with Crippen molar-refractivity contribution in [3.63, 3.8) is 0 Å². The minimum Gasteiger partial charge on any atom is -0.394 e. The topological polar surface area (TPSA) is 197 Å². The molecule has 14 heteroatoms.